The Balaban J connectivity index is 1.74. The molecular weight excluding hydrogens is 364 g/mol. The minimum atomic E-state index is -0.0431. The minimum Gasteiger partial charge on any atom is -0.381 e. The second-order valence-electron chi connectivity index (χ2n) is 10.6. The molecule has 0 aromatic carbocycles. The molecule has 2 aliphatic heterocycles. The normalized spacial score (nSPS) is 20.0. The van der Waals surface area contributed by atoms with Crippen molar-refractivity contribution in [1.82, 2.24) is 4.98 Å². The van der Waals surface area contributed by atoms with Crippen LogP contribution in [0.1, 0.15) is 60.3 Å². The van der Waals surface area contributed by atoms with Gasteiger partial charge in [0.25, 0.3) is 0 Å². The third-order valence-electron chi connectivity index (χ3n) is 5.73. The minimum absolute atomic E-state index is 0.0431. The summed E-state index contributed by atoms with van der Waals surface area (Å²) < 4.78 is 5.45. The first-order valence-corrected chi connectivity index (χ1v) is 11.0. The van der Waals surface area contributed by atoms with Crippen LogP contribution in [0, 0.1) is 16.7 Å². The molecule has 1 aromatic heterocycles. The van der Waals surface area contributed by atoms with Gasteiger partial charge >= 0.3 is 0 Å². The zero-order valence-electron chi connectivity index (χ0n) is 18.8. The van der Waals surface area contributed by atoms with Crippen molar-refractivity contribution >= 4 is 23.2 Å². The highest BCUT2D eigenvalue weighted by atomic mass is 16.5. The quantitative estimate of drug-likeness (QED) is 0.732. The molecule has 0 radical (unpaired) electrons. The van der Waals surface area contributed by atoms with Gasteiger partial charge in [-0.1, -0.05) is 34.6 Å². The number of hydrogen-bond acceptors (Lipinski definition) is 5. The van der Waals surface area contributed by atoms with Crippen molar-refractivity contribution in [2.45, 2.75) is 60.3 Å². The van der Waals surface area contributed by atoms with E-state index >= 15 is 0 Å². The molecule has 6 heteroatoms. The van der Waals surface area contributed by atoms with Gasteiger partial charge in [-0.25, -0.2) is 4.98 Å². The summed E-state index contributed by atoms with van der Waals surface area (Å²) in [6, 6.07) is 3.98. The molecule has 3 heterocycles. The van der Waals surface area contributed by atoms with Crippen LogP contribution >= 0.6 is 0 Å². The summed E-state index contributed by atoms with van der Waals surface area (Å²) >= 11 is 0. The van der Waals surface area contributed by atoms with E-state index in [0.717, 1.165) is 69.4 Å². The van der Waals surface area contributed by atoms with Crippen LogP contribution in [0.4, 0.5) is 17.3 Å². The van der Waals surface area contributed by atoms with E-state index in [1.165, 1.54) is 0 Å². The second kappa shape index (κ2) is 8.90. The fourth-order valence-corrected chi connectivity index (χ4v) is 4.05. The monoisotopic (exact) mass is 402 g/mol. The average molecular weight is 403 g/mol. The number of anilines is 3. The van der Waals surface area contributed by atoms with E-state index in [4.69, 9.17) is 9.72 Å². The summed E-state index contributed by atoms with van der Waals surface area (Å²) in [6.45, 7) is 15.4. The summed E-state index contributed by atoms with van der Waals surface area (Å²) in [5.41, 5.74) is 1.03. The number of nitrogens with one attached hydrogen (secondary N) is 2. The van der Waals surface area contributed by atoms with Gasteiger partial charge in [-0.3, -0.25) is 4.79 Å². The van der Waals surface area contributed by atoms with E-state index in [1.54, 1.807) is 0 Å². The van der Waals surface area contributed by atoms with E-state index in [-0.39, 0.29) is 16.7 Å². The van der Waals surface area contributed by atoms with E-state index in [9.17, 15) is 4.79 Å². The van der Waals surface area contributed by atoms with Crippen molar-refractivity contribution in [2.24, 2.45) is 16.7 Å². The van der Waals surface area contributed by atoms with Gasteiger partial charge in [0, 0.05) is 39.3 Å². The molecule has 6 nitrogen and oxygen atoms in total. The lowest BCUT2D eigenvalue weighted by Crippen LogP contribution is -2.27. The Bertz CT molecular complexity index is 705. The summed E-state index contributed by atoms with van der Waals surface area (Å²) in [6.07, 6.45) is 3.81. The van der Waals surface area contributed by atoms with Crippen LogP contribution in [-0.2, 0) is 9.53 Å². The van der Waals surface area contributed by atoms with Crippen LogP contribution in [-0.4, -0.2) is 43.7 Å². The van der Waals surface area contributed by atoms with Crippen molar-refractivity contribution in [3.63, 3.8) is 0 Å². The molecule has 1 amide bonds. The number of pyridine rings is 1. The summed E-state index contributed by atoms with van der Waals surface area (Å²) in [5.74, 6) is 2.44. The molecule has 162 valence electrons. The molecule has 0 spiro atoms. The van der Waals surface area contributed by atoms with Crippen LogP contribution in [0.3, 0.4) is 0 Å². The first-order chi connectivity index (χ1) is 13.6. The number of nitrogens with zero attached hydrogens (tertiary/aromatic N) is 2. The van der Waals surface area contributed by atoms with Crippen molar-refractivity contribution in [1.29, 1.82) is 0 Å². The largest absolute Gasteiger partial charge is 0.381 e. The molecule has 0 atom stereocenters. The summed E-state index contributed by atoms with van der Waals surface area (Å²) in [5, 5.41) is 6.63. The lowest BCUT2D eigenvalue weighted by Gasteiger charge is -2.26. The number of ether oxygens (including phenoxy) is 1. The molecule has 29 heavy (non-hydrogen) atoms. The number of hydrogen-bond donors (Lipinski definition) is 2. The van der Waals surface area contributed by atoms with Crippen LogP contribution in [0.5, 0.6) is 0 Å². The average Bonchev–Trinajstić information content (AvgIpc) is 3.00. The van der Waals surface area contributed by atoms with E-state index in [2.05, 4.69) is 50.2 Å². The Morgan fingerprint density at radius 2 is 2.00 bits per heavy atom. The summed E-state index contributed by atoms with van der Waals surface area (Å²) in [4.78, 5) is 19.8. The third kappa shape index (κ3) is 6.59. The standard InChI is InChI=1S/C23H38N4O2/c1-22(2,3)14-20(28)25-18-6-7-19(24-15-17-8-12-29-13-9-17)26-21(18)27-11-10-23(4,5)16-27/h6-7,17H,8-16H2,1-5H3,(H,24,26)(H,25,28). The van der Waals surface area contributed by atoms with Crippen molar-refractivity contribution < 1.29 is 9.53 Å². The number of amides is 1. The molecule has 0 saturated carbocycles. The summed E-state index contributed by atoms with van der Waals surface area (Å²) in [7, 11) is 0. The molecule has 0 bridgehead atoms. The highest BCUT2D eigenvalue weighted by molar-refractivity contribution is 5.94. The number of rotatable bonds is 6. The Morgan fingerprint density at radius 1 is 1.28 bits per heavy atom. The van der Waals surface area contributed by atoms with Gasteiger partial charge in [0.1, 0.15) is 5.82 Å². The Labute approximate surface area is 175 Å². The third-order valence-corrected chi connectivity index (χ3v) is 5.73. The Morgan fingerprint density at radius 3 is 2.62 bits per heavy atom. The lowest BCUT2D eigenvalue weighted by atomic mass is 9.92. The van der Waals surface area contributed by atoms with E-state index in [0.29, 0.717) is 12.3 Å². The molecule has 2 aliphatic rings. The zero-order chi connectivity index (χ0) is 21.1. The van der Waals surface area contributed by atoms with E-state index in [1.807, 2.05) is 12.1 Å². The smallest absolute Gasteiger partial charge is 0.224 e. The fraction of sp³-hybridized carbons (Fsp3) is 0.739. The van der Waals surface area contributed by atoms with Crippen LogP contribution in [0.15, 0.2) is 12.1 Å². The first-order valence-electron chi connectivity index (χ1n) is 11.0. The SMILES string of the molecule is CC(C)(C)CC(=O)Nc1ccc(NCC2CCOCC2)nc1N1CCC(C)(C)C1. The van der Waals surface area contributed by atoms with Gasteiger partial charge in [0.2, 0.25) is 5.91 Å². The Kier molecular flexibility index (Phi) is 6.72. The maximum absolute atomic E-state index is 12.6. The molecule has 2 saturated heterocycles. The highest BCUT2D eigenvalue weighted by Crippen LogP contribution is 2.36. The number of carbonyl (C=O) groups is 1. The van der Waals surface area contributed by atoms with Crippen molar-refractivity contribution in [3.05, 3.63) is 12.1 Å². The second-order valence-corrected chi connectivity index (χ2v) is 10.6. The van der Waals surface area contributed by atoms with Gasteiger partial charge in [0.15, 0.2) is 5.82 Å². The van der Waals surface area contributed by atoms with Crippen LogP contribution < -0.4 is 15.5 Å². The zero-order valence-corrected chi connectivity index (χ0v) is 18.8. The molecule has 0 unspecified atom stereocenters. The number of aromatic nitrogens is 1. The first kappa shape index (κ1) is 21.9. The van der Waals surface area contributed by atoms with Gasteiger partial charge in [-0.05, 0) is 48.1 Å². The van der Waals surface area contributed by atoms with Crippen molar-refractivity contribution in [3.8, 4) is 0 Å². The van der Waals surface area contributed by atoms with Gasteiger partial charge in [-0.2, -0.15) is 0 Å². The maximum atomic E-state index is 12.6. The fourth-order valence-electron chi connectivity index (χ4n) is 4.05. The lowest BCUT2D eigenvalue weighted by molar-refractivity contribution is -0.117. The molecule has 2 fully saturated rings. The topological polar surface area (TPSA) is 66.5 Å². The molecule has 2 N–H and O–H groups in total. The Hall–Kier alpha value is -1.82. The molecular formula is C23H38N4O2. The highest BCUT2D eigenvalue weighted by Gasteiger charge is 2.31. The van der Waals surface area contributed by atoms with Crippen LogP contribution in [0.25, 0.3) is 0 Å². The predicted molar refractivity (Wildman–Crippen MR) is 120 cm³/mol. The molecule has 0 aliphatic carbocycles. The maximum Gasteiger partial charge on any atom is 0.224 e. The van der Waals surface area contributed by atoms with Crippen molar-refractivity contribution in [2.75, 3.05) is 48.4 Å². The molecule has 3 rings (SSSR count). The van der Waals surface area contributed by atoms with Crippen LogP contribution in [0.2, 0.25) is 0 Å². The van der Waals surface area contributed by atoms with E-state index < -0.39 is 0 Å². The van der Waals surface area contributed by atoms with Gasteiger partial charge < -0.3 is 20.3 Å². The molecule has 1 aromatic rings. The van der Waals surface area contributed by atoms with Gasteiger partial charge in [-0.15, -0.1) is 0 Å². The predicted octanol–water partition coefficient (Wildman–Crippen LogP) is 4.53. The number of carbonyl (C=O) groups excluding carboxylic acids is 1. The van der Waals surface area contributed by atoms with Gasteiger partial charge in [0.05, 0.1) is 5.69 Å².